The summed E-state index contributed by atoms with van der Waals surface area (Å²) < 4.78 is 5.45. The first kappa shape index (κ1) is 12.0. The van der Waals surface area contributed by atoms with Gasteiger partial charge in [-0.25, -0.2) is 0 Å². The van der Waals surface area contributed by atoms with Crippen LogP contribution in [0.5, 0.6) is 0 Å². The Hall–Kier alpha value is -1.06. The van der Waals surface area contributed by atoms with Crippen molar-refractivity contribution in [1.29, 1.82) is 0 Å². The summed E-state index contributed by atoms with van der Waals surface area (Å²) in [5.74, 6) is 0. The highest BCUT2D eigenvalue weighted by molar-refractivity contribution is 5.53. The Bertz CT molecular complexity index is 401. The number of likely N-dealkylation sites (N-methyl/N-ethyl adjacent to an activating group) is 1. The quantitative estimate of drug-likeness (QED) is 0.865. The van der Waals surface area contributed by atoms with Crippen molar-refractivity contribution in [2.24, 2.45) is 0 Å². The fourth-order valence-corrected chi connectivity index (χ4v) is 3.10. The van der Waals surface area contributed by atoms with Gasteiger partial charge in [-0.3, -0.25) is 4.90 Å². The smallest absolute Gasteiger partial charge is 0.0480 e. The number of benzene rings is 1. The van der Waals surface area contributed by atoms with Gasteiger partial charge in [0.25, 0.3) is 0 Å². The predicted molar refractivity (Wildman–Crippen MR) is 74.0 cm³/mol. The lowest BCUT2D eigenvalue weighted by Gasteiger charge is -2.39. The van der Waals surface area contributed by atoms with Gasteiger partial charge in [0.05, 0.1) is 0 Å². The molecule has 18 heavy (non-hydrogen) atoms. The molecule has 0 bridgehead atoms. The van der Waals surface area contributed by atoms with E-state index < -0.39 is 0 Å². The highest BCUT2D eigenvalue weighted by Crippen LogP contribution is 2.25. The number of para-hydroxylation sites is 1. The van der Waals surface area contributed by atoms with Crippen LogP contribution in [0.15, 0.2) is 24.3 Å². The molecule has 1 saturated heterocycles. The van der Waals surface area contributed by atoms with Gasteiger partial charge in [0, 0.05) is 37.5 Å². The Morgan fingerprint density at radius 2 is 1.94 bits per heavy atom. The van der Waals surface area contributed by atoms with E-state index in [1.165, 1.54) is 24.1 Å². The highest BCUT2D eigenvalue weighted by atomic mass is 16.5. The Labute approximate surface area is 109 Å². The molecule has 2 aliphatic heterocycles. The molecule has 0 aromatic heterocycles. The number of fused-ring (bicyclic) bond motifs is 1. The average molecular weight is 246 g/mol. The monoisotopic (exact) mass is 246 g/mol. The maximum absolute atomic E-state index is 5.45. The van der Waals surface area contributed by atoms with E-state index in [0.29, 0.717) is 12.1 Å². The SMILES string of the molecule is CN(C1CCOCC1)C1CNc2ccccc2C1. The van der Waals surface area contributed by atoms with Gasteiger partial charge in [-0.1, -0.05) is 18.2 Å². The van der Waals surface area contributed by atoms with Crippen LogP contribution in [0.2, 0.25) is 0 Å². The minimum absolute atomic E-state index is 0.614. The van der Waals surface area contributed by atoms with Gasteiger partial charge in [0.2, 0.25) is 0 Å². The van der Waals surface area contributed by atoms with E-state index in [1.54, 1.807) is 0 Å². The Morgan fingerprint density at radius 3 is 2.78 bits per heavy atom. The third-order valence-corrected chi connectivity index (χ3v) is 4.34. The van der Waals surface area contributed by atoms with E-state index in [9.17, 15) is 0 Å². The van der Waals surface area contributed by atoms with Crippen molar-refractivity contribution in [3.8, 4) is 0 Å². The van der Waals surface area contributed by atoms with E-state index in [1.807, 2.05) is 0 Å². The second-order valence-electron chi connectivity index (χ2n) is 5.41. The van der Waals surface area contributed by atoms with Gasteiger partial charge in [-0.05, 0) is 37.9 Å². The maximum atomic E-state index is 5.45. The van der Waals surface area contributed by atoms with Crippen LogP contribution in [-0.4, -0.2) is 43.8 Å². The van der Waals surface area contributed by atoms with Gasteiger partial charge >= 0.3 is 0 Å². The number of nitrogens with one attached hydrogen (secondary N) is 1. The van der Waals surface area contributed by atoms with Crippen LogP contribution < -0.4 is 5.32 Å². The standard InChI is InChI=1S/C15H22N2O/c1-17(13-6-8-18-9-7-13)14-10-12-4-2-3-5-15(12)16-11-14/h2-5,13-14,16H,6-11H2,1H3. The Balaban J connectivity index is 1.67. The van der Waals surface area contributed by atoms with Crippen molar-refractivity contribution < 1.29 is 4.74 Å². The first-order valence-corrected chi connectivity index (χ1v) is 6.96. The number of rotatable bonds is 2. The largest absolute Gasteiger partial charge is 0.383 e. The van der Waals surface area contributed by atoms with Gasteiger partial charge in [-0.15, -0.1) is 0 Å². The fraction of sp³-hybridized carbons (Fsp3) is 0.600. The minimum atomic E-state index is 0.614. The molecule has 2 heterocycles. The van der Waals surface area contributed by atoms with E-state index in [-0.39, 0.29) is 0 Å². The number of anilines is 1. The summed E-state index contributed by atoms with van der Waals surface area (Å²) in [6.45, 7) is 2.91. The molecule has 98 valence electrons. The molecule has 0 aliphatic carbocycles. The van der Waals surface area contributed by atoms with Crippen LogP contribution in [0.3, 0.4) is 0 Å². The summed E-state index contributed by atoms with van der Waals surface area (Å²) in [5, 5.41) is 3.56. The van der Waals surface area contributed by atoms with Crippen LogP contribution in [0.25, 0.3) is 0 Å². The Kier molecular flexibility index (Phi) is 3.52. The zero-order valence-electron chi connectivity index (χ0n) is 11.1. The summed E-state index contributed by atoms with van der Waals surface area (Å²) in [6.07, 6.45) is 3.51. The molecule has 0 radical (unpaired) electrons. The number of ether oxygens (including phenoxy) is 1. The molecule has 1 N–H and O–H groups in total. The van der Waals surface area contributed by atoms with E-state index in [2.05, 4.69) is 41.5 Å². The molecule has 1 aromatic rings. The van der Waals surface area contributed by atoms with Crippen molar-refractivity contribution in [2.75, 3.05) is 32.1 Å². The zero-order chi connectivity index (χ0) is 12.4. The molecule has 1 atom stereocenters. The third-order valence-electron chi connectivity index (χ3n) is 4.34. The second kappa shape index (κ2) is 5.29. The van der Waals surface area contributed by atoms with Gasteiger partial charge < -0.3 is 10.1 Å². The summed E-state index contributed by atoms with van der Waals surface area (Å²) in [6, 6.07) is 9.97. The lowest BCUT2D eigenvalue weighted by molar-refractivity contribution is 0.0299. The van der Waals surface area contributed by atoms with Crippen molar-refractivity contribution >= 4 is 5.69 Å². The van der Waals surface area contributed by atoms with Crippen molar-refractivity contribution in [1.82, 2.24) is 4.90 Å². The van der Waals surface area contributed by atoms with Crippen LogP contribution >= 0.6 is 0 Å². The molecular weight excluding hydrogens is 224 g/mol. The highest BCUT2D eigenvalue weighted by Gasteiger charge is 2.27. The summed E-state index contributed by atoms with van der Waals surface area (Å²) in [4.78, 5) is 2.56. The lowest BCUT2D eigenvalue weighted by Crippen LogP contribution is -2.48. The fourth-order valence-electron chi connectivity index (χ4n) is 3.10. The molecular formula is C15H22N2O. The predicted octanol–water partition coefficient (Wildman–Crippen LogP) is 2.13. The summed E-state index contributed by atoms with van der Waals surface area (Å²) in [5.41, 5.74) is 2.77. The van der Waals surface area contributed by atoms with Crippen molar-refractivity contribution in [3.63, 3.8) is 0 Å². The van der Waals surface area contributed by atoms with Crippen LogP contribution in [0.4, 0.5) is 5.69 Å². The van der Waals surface area contributed by atoms with E-state index >= 15 is 0 Å². The summed E-state index contributed by atoms with van der Waals surface area (Å²) >= 11 is 0. The zero-order valence-corrected chi connectivity index (χ0v) is 11.1. The molecule has 2 aliphatic rings. The van der Waals surface area contributed by atoms with Crippen molar-refractivity contribution in [2.45, 2.75) is 31.3 Å². The first-order valence-electron chi connectivity index (χ1n) is 6.96. The van der Waals surface area contributed by atoms with E-state index in [4.69, 9.17) is 4.74 Å². The molecule has 1 unspecified atom stereocenters. The third kappa shape index (κ3) is 2.38. The molecule has 3 heteroatoms. The minimum Gasteiger partial charge on any atom is -0.383 e. The van der Waals surface area contributed by atoms with Crippen LogP contribution in [0, 0.1) is 0 Å². The van der Waals surface area contributed by atoms with Gasteiger partial charge in [-0.2, -0.15) is 0 Å². The van der Waals surface area contributed by atoms with Crippen LogP contribution in [0.1, 0.15) is 18.4 Å². The molecule has 1 fully saturated rings. The number of nitrogens with zero attached hydrogens (tertiary/aromatic N) is 1. The van der Waals surface area contributed by atoms with E-state index in [0.717, 1.165) is 26.2 Å². The number of hydrogen-bond donors (Lipinski definition) is 1. The number of hydrogen-bond acceptors (Lipinski definition) is 3. The second-order valence-corrected chi connectivity index (χ2v) is 5.41. The molecule has 0 saturated carbocycles. The average Bonchev–Trinajstić information content (AvgIpc) is 2.47. The maximum Gasteiger partial charge on any atom is 0.0480 e. The van der Waals surface area contributed by atoms with Crippen molar-refractivity contribution in [3.05, 3.63) is 29.8 Å². The normalized spacial score (nSPS) is 24.7. The lowest BCUT2D eigenvalue weighted by atomic mass is 9.96. The van der Waals surface area contributed by atoms with Gasteiger partial charge in [0.15, 0.2) is 0 Å². The summed E-state index contributed by atoms with van der Waals surface area (Å²) in [7, 11) is 2.27. The van der Waals surface area contributed by atoms with Crippen LogP contribution in [-0.2, 0) is 11.2 Å². The topological polar surface area (TPSA) is 24.5 Å². The van der Waals surface area contributed by atoms with Gasteiger partial charge in [0.1, 0.15) is 0 Å². The molecule has 3 rings (SSSR count). The molecule has 0 spiro atoms. The molecule has 1 aromatic carbocycles. The Morgan fingerprint density at radius 1 is 1.17 bits per heavy atom. The molecule has 3 nitrogen and oxygen atoms in total. The molecule has 0 amide bonds. The first-order chi connectivity index (χ1) is 8.84.